The molecule has 0 fully saturated rings. The van der Waals surface area contributed by atoms with Gasteiger partial charge in [-0.25, -0.2) is 8.78 Å². The lowest BCUT2D eigenvalue weighted by molar-refractivity contribution is -0.116. The number of aromatic nitrogens is 3. The van der Waals surface area contributed by atoms with Crippen molar-refractivity contribution in [2.24, 2.45) is 0 Å². The van der Waals surface area contributed by atoms with Crippen molar-refractivity contribution in [3.05, 3.63) is 90.0 Å². The summed E-state index contributed by atoms with van der Waals surface area (Å²) in [4.78, 5) is 25.5. The standard InChI is InChI=1S/C25H23F2N7O/c1-15-9-3-6-12-19(15)29-22(35)16(2)28-23-32-24(30-20-13-7-4-10-17(20)26)34-25(33-23)31-21-14-8-5-11-18(21)27/h3-14,16H,1-2H3,(H,29,35)(H3,28,30,31,32,33,34). The Kier molecular flexibility index (Phi) is 7.10. The van der Waals surface area contributed by atoms with Crippen LogP contribution in [0.15, 0.2) is 72.8 Å². The highest BCUT2D eigenvalue weighted by atomic mass is 19.1. The van der Waals surface area contributed by atoms with Gasteiger partial charge in [-0.3, -0.25) is 4.79 Å². The van der Waals surface area contributed by atoms with Crippen LogP contribution in [0.25, 0.3) is 0 Å². The maximum absolute atomic E-state index is 14.2. The summed E-state index contributed by atoms with van der Waals surface area (Å²) >= 11 is 0. The first-order valence-corrected chi connectivity index (χ1v) is 10.8. The van der Waals surface area contributed by atoms with E-state index in [0.717, 1.165) is 5.56 Å². The number of hydrogen-bond acceptors (Lipinski definition) is 7. The smallest absolute Gasteiger partial charge is 0.246 e. The van der Waals surface area contributed by atoms with E-state index in [1.165, 1.54) is 24.3 Å². The van der Waals surface area contributed by atoms with Gasteiger partial charge < -0.3 is 21.3 Å². The van der Waals surface area contributed by atoms with E-state index in [9.17, 15) is 13.6 Å². The molecule has 4 rings (SSSR count). The maximum Gasteiger partial charge on any atom is 0.246 e. The molecule has 0 aliphatic carbocycles. The summed E-state index contributed by atoms with van der Waals surface area (Å²) in [6.45, 7) is 3.53. The molecule has 8 nitrogen and oxygen atoms in total. The molecule has 1 amide bonds. The van der Waals surface area contributed by atoms with Crippen LogP contribution in [0.1, 0.15) is 12.5 Å². The monoisotopic (exact) mass is 475 g/mol. The molecule has 178 valence electrons. The van der Waals surface area contributed by atoms with Gasteiger partial charge in [0.2, 0.25) is 23.8 Å². The normalized spacial score (nSPS) is 11.4. The zero-order chi connectivity index (χ0) is 24.8. The van der Waals surface area contributed by atoms with Crippen LogP contribution in [-0.4, -0.2) is 26.9 Å². The van der Waals surface area contributed by atoms with Gasteiger partial charge in [-0.2, -0.15) is 15.0 Å². The van der Waals surface area contributed by atoms with Crippen molar-refractivity contribution in [1.82, 2.24) is 15.0 Å². The summed E-state index contributed by atoms with van der Waals surface area (Å²) in [5.74, 6) is -1.29. The molecule has 0 radical (unpaired) electrons. The van der Waals surface area contributed by atoms with Gasteiger partial charge in [-0.05, 0) is 49.7 Å². The number of nitrogens with zero attached hydrogens (tertiary/aromatic N) is 3. The maximum atomic E-state index is 14.2. The molecule has 0 saturated carbocycles. The van der Waals surface area contributed by atoms with Crippen LogP contribution in [0.5, 0.6) is 0 Å². The molecule has 0 spiro atoms. The summed E-state index contributed by atoms with van der Waals surface area (Å²) in [6, 6.07) is 18.7. The van der Waals surface area contributed by atoms with Crippen molar-refractivity contribution in [3.63, 3.8) is 0 Å². The van der Waals surface area contributed by atoms with Crippen LogP contribution in [0.2, 0.25) is 0 Å². The lowest BCUT2D eigenvalue weighted by atomic mass is 10.2. The summed E-state index contributed by atoms with van der Waals surface area (Å²) < 4.78 is 28.3. The van der Waals surface area contributed by atoms with Gasteiger partial charge in [0.05, 0.1) is 11.4 Å². The van der Waals surface area contributed by atoms with Crippen LogP contribution in [-0.2, 0) is 4.79 Å². The zero-order valence-electron chi connectivity index (χ0n) is 19.0. The third-order valence-electron chi connectivity index (χ3n) is 5.02. The average Bonchev–Trinajstić information content (AvgIpc) is 2.83. The Labute approximate surface area is 200 Å². The lowest BCUT2D eigenvalue weighted by Crippen LogP contribution is -2.33. The predicted molar refractivity (Wildman–Crippen MR) is 132 cm³/mol. The number of carbonyl (C=O) groups excluding carboxylic acids is 1. The van der Waals surface area contributed by atoms with E-state index in [0.29, 0.717) is 5.69 Å². The van der Waals surface area contributed by atoms with E-state index < -0.39 is 17.7 Å². The molecule has 1 aromatic heterocycles. The second-order valence-electron chi connectivity index (χ2n) is 7.69. The molecule has 0 aliphatic rings. The summed E-state index contributed by atoms with van der Waals surface area (Å²) in [6.07, 6.45) is 0. The Morgan fingerprint density at radius 2 is 1.17 bits per heavy atom. The first-order chi connectivity index (χ1) is 16.9. The van der Waals surface area contributed by atoms with E-state index >= 15 is 0 Å². The molecule has 0 saturated heterocycles. The quantitative estimate of drug-likeness (QED) is 0.271. The van der Waals surface area contributed by atoms with Crippen molar-refractivity contribution < 1.29 is 13.6 Å². The van der Waals surface area contributed by atoms with Gasteiger partial charge in [0.1, 0.15) is 17.7 Å². The number of para-hydroxylation sites is 3. The Morgan fingerprint density at radius 3 is 1.69 bits per heavy atom. The zero-order valence-corrected chi connectivity index (χ0v) is 19.0. The van der Waals surface area contributed by atoms with Crippen LogP contribution >= 0.6 is 0 Å². The Hall–Kier alpha value is -4.60. The molecule has 4 aromatic rings. The van der Waals surface area contributed by atoms with Crippen molar-refractivity contribution in [2.75, 3.05) is 21.3 Å². The number of hydrogen-bond donors (Lipinski definition) is 4. The Balaban J connectivity index is 1.59. The van der Waals surface area contributed by atoms with Gasteiger partial charge in [-0.1, -0.05) is 42.5 Å². The fourth-order valence-corrected chi connectivity index (χ4v) is 3.13. The van der Waals surface area contributed by atoms with Crippen molar-refractivity contribution in [1.29, 1.82) is 0 Å². The van der Waals surface area contributed by atoms with Gasteiger partial charge >= 0.3 is 0 Å². The summed E-state index contributed by atoms with van der Waals surface area (Å²) in [5.41, 5.74) is 1.89. The molecular formula is C25H23F2N7O. The number of anilines is 6. The number of amides is 1. The minimum atomic E-state index is -0.736. The van der Waals surface area contributed by atoms with Crippen LogP contribution in [0.3, 0.4) is 0 Å². The number of benzene rings is 3. The van der Waals surface area contributed by atoms with Crippen LogP contribution < -0.4 is 21.3 Å². The third kappa shape index (κ3) is 6.05. The minimum Gasteiger partial charge on any atom is -0.342 e. The Morgan fingerprint density at radius 1 is 0.714 bits per heavy atom. The number of aryl methyl sites for hydroxylation is 1. The molecule has 4 N–H and O–H groups in total. The fraction of sp³-hybridized carbons (Fsp3) is 0.120. The Bertz CT molecular complexity index is 1280. The molecule has 1 unspecified atom stereocenters. The van der Waals surface area contributed by atoms with Gasteiger partial charge in [-0.15, -0.1) is 0 Å². The summed E-state index contributed by atoms with van der Waals surface area (Å²) in [5, 5.41) is 11.4. The number of nitrogens with one attached hydrogen (secondary N) is 4. The molecule has 1 atom stereocenters. The molecule has 0 aliphatic heterocycles. The second-order valence-corrected chi connectivity index (χ2v) is 7.69. The molecule has 10 heteroatoms. The SMILES string of the molecule is Cc1ccccc1NC(=O)C(C)Nc1nc(Nc2ccccc2F)nc(Nc2ccccc2F)n1. The molecule has 35 heavy (non-hydrogen) atoms. The van der Waals surface area contributed by atoms with Crippen molar-refractivity contribution in [2.45, 2.75) is 19.9 Å². The van der Waals surface area contributed by atoms with Gasteiger partial charge in [0, 0.05) is 5.69 Å². The molecule has 3 aromatic carbocycles. The first kappa shape index (κ1) is 23.6. The highest BCUT2D eigenvalue weighted by molar-refractivity contribution is 5.96. The average molecular weight is 476 g/mol. The molecule has 1 heterocycles. The summed E-state index contributed by atoms with van der Waals surface area (Å²) in [7, 11) is 0. The highest BCUT2D eigenvalue weighted by Gasteiger charge is 2.17. The van der Waals surface area contributed by atoms with Gasteiger partial charge in [0.15, 0.2) is 0 Å². The fourth-order valence-electron chi connectivity index (χ4n) is 3.13. The number of rotatable bonds is 8. The topological polar surface area (TPSA) is 104 Å². The minimum absolute atomic E-state index is 0.00190. The predicted octanol–water partition coefficient (Wildman–Crippen LogP) is 5.38. The van der Waals surface area contributed by atoms with Gasteiger partial charge in [0.25, 0.3) is 0 Å². The highest BCUT2D eigenvalue weighted by Crippen LogP contribution is 2.22. The van der Waals surface area contributed by atoms with Crippen molar-refractivity contribution in [3.8, 4) is 0 Å². The second kappa shape index (κ2) is 10.6. The lowest BCUT2D eigenvalue weighted by Gasteiger charge is -2.16. The number of carbonyl (C=O) groups is 1. The van der Waals surface area contributed by atoms with Crippen LogP contribution in [0, 0.1) is 18.6 Å². The first-order valence-electron chi connectivity index (χ1n) is 10.8. The van der Waals surface area contributed by atoms with E-state index in [2.05, 4.69) is 36.2 Å². The van der Waals surface area contributed by atoms with E-state index in [1.807, 2.05) is 25.1 Å². The number of halogens is 2. The van der Waals surface area contributed by atoms with E-state index in [1.54, 1.807) is 37.3 Å². The molecule has 0 bridgehead atoms. The van der Waals surface area contributed by atoms with E-state index in [4.69, 9.17) is 0 Å². The van der Waals surface area contributed by atoms with E-state index in [-0.39, 0.29) is 35.1 Å². The third-order valence-corrected chi connectivity index (χ3v) is 5.02. The molecular weight excluding hydrogens is 452 g/mol. The van der Waals surface area contributed by atoms with Crippen molar-refractivity contribution >= 4 is 40.8 Å². The van der Waals surface area contributed by atoms with Crippen LogP contribution in [0.4, 0.5) is 43.7 Å². The largest absolute Gasteiger partial charge is 0.342 e.